The zero-order valence-corrected chi connectivity index (χ0v) is 30.6. The molecule has 4 fully saturated rings. The van der Waals surface area contributed by atoms with E-state index in [2.05, 4.69) is 75.6 Å². The summed E-state index contributed by atoms with van der Waals surface area (Å²) in [6, 6.07) is 9.66. The van der Waals surface area contributed by atoms with Gasteiger partial charge in [0.1, 0.15) is 0 Å². The predicted molar refractivity (Wildman–Crippen MR) is 197 cm³/mol. The normalized spacial score (nSPS) is 22.6. The number of nitrogens with zero attached hydrogens (tertiary/aromatic N) is 2. The maximum absolute atomic E-state index is 8.64. The lowest BCUT2D eigenvalue weighted by Gasteiger charge is -2.53. The Morgan fingerprint density at radius 1 is 0.523 bits per heavy atom. The van der Waals surface area contributed by atoms with Crippen LogP contribution in [0.25, 0.3) is 0 Å². The Labute approximate surface area is 276 Å². The molecule has 2 nitrogen and oxygen atoms in total. The highest BCUT2D eigenvalue weighted by Crippen LogP contribution is 2.81. The summed E-state index contributed by atoms with van der Waals surface area (Å²) in [7, 11) is -1.58. The van der Waals surface area contributed by atoms with Crippen molar-refractivity contribution in [2.75, 3.05) is 22.9 Å². The number of benzene rings is 2. The summed E-state index contributed by atoms with van der Waals surface area (Å²) in [5, 5.41) is 0.208. The molecule has 1 aliphatic heterocycles. The first-order valence-corrected chi connectivity index (χ1v) is 20.9. The minimum atomic E-state index is -1.58. The van der Waals surface area contributed by atoms with E-state index in [9.17, 15) is 0 Å². The molecule has 6 rings (SSSR count). The van der Waals surface area contributed by atoms with Gasteiger partial charge in [-0.3, -0.25) is 0 Å². The Hall–Kier alpha value is -1.24. The molecule has 1 atom stereocenters. The summed E-state index contributed by atoms with van der Waals surface area (Å²) in [5.41, 5.74) is 14.0. The molecule has 1 heterocycles. The van der Waals surface area contributed by atoms with Gasteiger partial charge in [0, 0.05) is 31.7 Å². The van der Waals surface area contributed by atoms with E-state index in [1.165, 1.54) is 141 Å². The molecule has 0 N–H and O–H groups in total. The van der Waals surface area contributed by atoms with Crippen LogP contribution in [0.4, 0.5) is 11.4 Å². The minimum Gasteiger partial charge on any atom is -0.345 e. The van der Waals surface area contributed by atoms with Crippen molar-refractivity contribution in [1.82, 2.24) is 0 Å². The molecule has 4 aliphatic rings. The average molecular weight is 636 g/mol. The van der Waals surface area contributed by atoms with Crippen molar-refractivity contribution in [1.29, 1.82) is 0 Å². The molecule has 0 spiro atoms. The van der Waals surface area contributed by atoms with Crippen LogP contribution in [0.3, 0.4) is 0 Å². The van der Waals surface area contributed by atoms with E-state index in [4.69, 9.17) is 11.6 Å². The maximum Gasteiger partial charge on any atom is 0.181 e. The van der Waals surface area contributed by atoms with Crippen molar-refractivity contribution < 1.29 is 0 Å². The Morgan fingerprint density at radius 2 is 0.818 bits per heavy atom. The van der Waals surface area contributed by atoms with E-state index >= 15 is 0 Å². The minimum absolute atomic E-state index is 0.208. The molecule has 4 heteroatoms. The lowest BCUT2D eigenvalue weighted by molar-refractivity contribution is 0.446. The van der Waals surface area contributed by atoms with Gasteiger partial charge in [0.2, 0.25) is 0 Å². The van der Waals surface area contributed by atoms with Crippen molar-refractivity contribution in [3.8, 4) is 0 Å². The van der Waals surface area contributed by atoms with Crippen LogP contribution in [0.5, 0.6) is 0 Å². The SMILES string of the molecule is Cc1cc(C)c(N2CCN(c3c(C)cc(C)cc3C)C2[C@@H](Cl)[P+](C2CCCCC2)(C2CCCCC2)C2CCCCC2)c(C)c1. The van der Waals surface area contributed by atoms with Crippen LogP contribution in [0.2, 0.25) is 0 Å². The van der Waals surface area contributed by atoms with E-state index in [0.717, 1.165) is 30.1 Å². The van der Waals surface area contributed by atoms with E-state index < -0.39 is 7.26 Å². The molecule has 2 aromatic rings. The molecule has 0 unspecified atom stereocenters. The van der Waals surface area contributed by atoms with Crippen LogP contribution in [0.1, 0.15) is 130 Å². The van der Waals surface area contributed by atoms with Crippen LogP contribution in [-0.2, 0) is 0 Å². The van der Waals surface area contributed by atoms with Gasteiger partial charge in [0.25, 0.3) is 0 Å². The molecule has 3 aliphatic carbocycles. The smallest absolute Gasteiger partial charge is 0.181 e. The van der Waals surface area contributed by atoms with Crippen molar-refractivity contribution in [2.24, 2.45) is 0 Å². The summed E-state index contributed by atoms with van der Waals surface area (Å²) in [6.45, 7) is 16.0. The number of aryl methyl sites for hydroxylation is 6. The molecule has 2 aromatic carbocycles. The van der Waals surface area contributed by atoms with Crippen molar-refractivity contribution in [3.63, 3.8) is 0 Å². The average Bonchev–Trinajstić information content (AvgIpc) is 3.42. The van der Waals surface area contributed by atoms with Gasteiger partial charge in [-0.1, -0.05) is 66.3 Å². The first-order valence-electron chi connectivity index (χ1n) is 18.4. The molecule has 0 radical (unpaired) electrons. The maximum atomic E-state index is 8.64. The third kappa shape index (κ3) is 5.99. The summed E-state index contributed by atoms with van der Waals surface area (Å²) in [5.74, 6) is 0. The fourth-order valence-corrected chi connectivity index (χ4v) is 20.3. The summed E-state index contributed by atoms with van der Waals surface area (Å²) in [6.07, 6.45) is 21.8. The quantitative estimate of drug-likeness (QED) is 0.220. The van der Waals surface area contributed by atoms with Gasteiger partial charge in [0.05, 0.1) is 17.0 Å². The lowest BCUT2D eigenvalue weighted by Crippen LogP contribution is -2.52. The zero-order valence-electron chi connectivity index (χ0n) is 28.9. The second-order valence-electron chi connectivity index (χ2n) is 15.4. The third-order valence-corrected chi connectivity index (χ3v) is 20.1. The Bertz CT molecular complexity index is 1130. The first kappa shape index (κ1) is 32.7. The second-order valence-corrected chi connectivity index (χ2v) is 20.7. The predicted octanol–water partition coefficient (Wildman–Crippen LogP) is 11.8. The van der Waals surface area contributed by atoms with Crippen LogP contribution in [-0.4, -0.2) is 41.4 Å². The van der Waals surface area contributed by atoms with E-state index in [-0.39, 0.29) is 11.3 Å². The highest BCUT2D eigenvalue weighted by molar-refractivity contribution is 7.80. The number of rotatable bonds is 7. The molecule has 0 aromatic heterocycles. The molecular formula is C40H61ClN2P+. The first-order chi connectivity index (χ1) is 21.2. The van der Waals surface area contributed by atoms with E-state index in [1.54, 1.807) is 0 Å². The van der Waals surface area contributed by atoms with Crippen LogP contribution >= 0.6 is 18.9 Å². The monoisotopic (exact) mass is 635 g/mol. The largest absolute Gasteiger partial charge is 0.345 e. The highest BCUT2D eigenvalue weighted by atomic mass is 35.5. The van der Waals surface area contributed by atoms with Gasteiger partial charge in [-0.2, -0.15) is 0 Å². The molecule has 3 saturated carbocycles. The Balaban J connectivity index is 1.56. The summed E-state index contributed by atoms with van der Waals surface area (Å²) < 4.78 is 0. The number of hydrogen-bond donors (Lipinski definition) is 0. The standard InChI is InChI=1S/C40H61ClN2P/c1-28-24-30(3)37(31(4)25-28)42-22-23-43(38-32(5)26-29(2)27-33(38)6)40(42)39(41)44(34-16-10-7-11-17-34,35-18-12-8-13-19-35)36-20-14-9-15-21-36/h24-27,34-36,39-40H,7-23H2,1-6H3/q+1/t39-/m0/s1. The molecule has 0 bridgehead atoms. The molecule has 242 valence electrons. The Kier molecular flexibility index (Phi) is 10.3. The van der Waals surface area contributed by atoms with Crippen LogP contribution in [0, 0.1) is 41.5 Å². The van der Waals surface area contributed by atoms with Gasteiger partial charge in [-0.25, -0.2) is 0 Å². The van der Waals surface area contributed by atoms with Crippen molar-refractivity contribution in [2.45, 2.75) is 166 Å². The van der Waals surface area contributed by atoms with Gasteiger partial charge in [-0.05, 0) is 141 Å². The molecular weight excluding hydrogens is 575 g/mol. The van der Waals surface area contributed by atoms with Crippen molar-refractivity contribution in [3.05, 3.63) is 57.6 Å². The number of hydrogen-bond acceptors (Lipinski definition) is 2. The summed E-state index contributed by atoms with van der Waals surface area (Å²) >= 11 is 8.64. The fraction of sp³-hybridized carbons (Fsp3) is 0.700. The van der Waals surface area contributed by atoms with E-state index in [1.807, 2.05) is 0 Å². The fourth-order valence-electron chi connectivity index (χ4n) is 11.0. The molecule has 0 amide bonds. The van der Waals surface area contributed by atoms with Gasteiger partial charge in [0.15, 0.2) is 11.3 Å². The van der Waals surface area contributed by atoms with Crippen LogP contribution < -0.4 is 9.80 Å². The van der Waals surface area contributed by atoms with Crippen LogP contribution in [0.15, 0.2) is 24.3 Å². The van der Waals surface area contributed by atoms with E-state index in [0.29, 0.717) is 0 Å². The van der Waals surface area contributed by atoms with Crippen molar-refractivity contribution >= 4 is 30.2 Å². The number of alkyl halides is 1. The number of halogens is 1. The zero-order chi connectivity index (χ0) is 31.0. The molecule has 1 saturated heterocycles. The lowest BCUT2D eigenvalue weighted by atomic mass is 9.99. The summed E-state index contributed by atoms with van der Waals surface area (Å²) in [4.78, 5) is 5.67. The second kappa shape index (κ2) is 13.9. The third-order valence-electron chi connectivity index (χ3n) is 12.4. The van der Waals surface area contributed by atoms with Gasteiger partial charge >= 0.3 is 0 Å². The highest BCUT2D eigenvalue weighted by Gasteiger charge is 2.65. The Morgan fingerprint density at radius 3 is 1.11 bits per heavy atom. The molecule has 44 heavy (non-hydrogen) atoms. The van der Waals surface area contributed by atoms with Gasteiger partial charge < -0.3 is 9.80 Å². The number of anilines is 2. The topological polar surface area (TPSA) is 6.48 Å². The van der Waals surface area contributed by atoms with Gasteiger partial charge in [-0.15, -0.1) is 0 Å².